The number of aryl methyl sites for hydroxylation is 1. The molecule has 2 amide bonds. The number of carbonyl (C=O) groups excluding carboxylic acids is 2. The number of amides is 2. The number of hydrogen-bond acceptors (Lipinski definition) is 5. The van der Waals surface area contributed by atoms with Crippen LogP contribution in [0, 0.1) is 0 Å². The molecule has 0 saturated carbocycles. The van der Waals surface area contributed by atoms with Gasteiger partial charge in [0.05, 0.1) is 11.1 Å². The number of fused-ring (bicyclic) bond motifs is 2. The number of nitrogen functional groups attached to an aromatic ring is 1. The fourth-order valence-corrected chi connectivity index (χ4v) is 5.01. The van der Waals surface area contributed by atoms with E-state index in [1.165, 1.54) is 17.5 Å². The van der Waals surface area contributed by atoms with Crippen molar-refractivity contribution in [2.45, 2.75) is 32.7 Å². The summed E-state index contributed by atoms with van der Waals surface area (Å²) in [5, 5.41) is 6.68. The van der Waals surface area contributed by atoms with Crippen LogP contribution in [-0.4, -0.2) is 32.4 Å². The van der Waals surface area contributed by atoms with E-state index in [4.69, 9.17) is 5.73 Å². The summed E-state index contributed by atoms with van der Waals surface area (Å²) in [4.78, 5) is 32.4. The van der Waals surface area contributed by atoms with Crippen molar-refractivity contribution >= 4 is 34.4 Å². The maximum absolute atomic E-state index is 12.0. The largest absolute Gasteiger partial charge is 0.383 e. The zero-order valence-electron chi connectivity index (χ0n) is 20.6. The van der Waals surface area contributed by atoms with Crippen LogP contribution in [0.2, 0.25) is 0 Å². The molecule has 1 atom stereocenters. The van der Waals surface area contributed by atoms with E-state index >= 15 is 0 Å². The van der Waals surface area contributed by atoms with Crippen LogP contribution in [0.5, 0.6) is 0 Å². The number of aromatic nitrogens is 3. The van der Waals surface area contributed by atoms with Gasteiger partial charge < -0.3 is 20.9 Å². The van der Waals surface area contributed by atoms with Gasteiger partial charge >= 0.3 is 0 Å². The second-order valence-corrected chi connectivity index (χ2v) is 9.34. The molecule has 182 valence electrons. The lowest BCUT2D eigenvalue weighted by Gasteiger charge is -2.12. The van der Waals surface area contributed by atoms with Gasteiger partial charge in [0, 0.05) is 36.8 Å². The number of nitrogens with one attached hydrogen (secondary N) is 2. The van der Waals surface area contributed by atoms with Gasteiger partial charge in [-0.05, 0) is 54.2 Å². The summed E-state index contributed by atoms with van der Waals surface area (Å²) in [7, 11) is 1.96. The monoisotopic (exact) mass is 480 g/mol. The highest BCUT2D eigenvalue weighted by Gasteiger charge is 2.26. The number of nitrogens with two attached hydrogens (primary N) is 1. The first-order valence-electron chi connectivity index (χ1n) is 11.8. The minimum Gasteiger partial charge on any atom is -0.383 e. The smallest absolute Gasteiger partial charge is 0.250 e. The third-order valence-corrected chi connectivity index (χ3v) is 6.64. The molecule has 0 bridgehead atoms. The summed E-state index contributed by atoms with van der Waals surface area (Å²) in [6.07, 6.45) is 3.08. The van der Waals surface area contributed by atoms with Gasteiger partial charge in [-0.25, -0.2) is 9.97 Å². The van der Waals surface area contributed by atoms with Crippen molar-refractivity contribution in [3.05, 3.63) is 72.1 Å². The third kappa shape index (κ3) is 4.11. The number of carbonyl (C=O) groups is 2. The molecule has 1 aliphatic carbocycles. The molecule has 2 heterocycles. The summed E-state index contributed by atoms with van der Waals surface area (Å²) in [6, 6.07) is 14.2. The molecule has 4 N–H and O–H groups in total. The lowest BCUT2D eigenvalue weighted by Crippen LogP contribution is -2.33. The third-order valence-electron chi connectivity index (χ3n) is 6.64. The summed E-state index contributed by atoms with van der Waals surface area (Å²) in [5.41, 5.74) is 14.6. The molecule has 2 aromatic carbocycles. The molecule has 0 saturated heterocycles. The molecule has 8 nitrogen and oxygen atoms in total. The van der Waals surface area contributed by atoms with E-state index in [-0.39, 0.29) is 17.9 Å². The standard InChI is InChI=1S/C28H28N6O2/c1-15(2)28(36)33-21-9-7-17(8-10-21)25-23(24-26(29)30-14-31-27(24)34(25)4)19-6-5-18-12-22(32-16(3)35)13-20(18)11-19/h5-11,14,22H,1,12-13H2,2-4H3,(H,32,35)(H,33,36)(H2,29,30,31). The average molecular weight is 481 g/mol. The predicted molar refractivity (Wildman–Crippen MR) is 142 cm³/mol. The fourth-order valence-electron chi connectivity index (χ4n) is 5.01. The molecule has 0 radical (unpaired) electrons. The summed E-state index contributed by atoms with van der Waals surface area (Å²) in [5.74, 6) is 0.183. The summed E-state index contributed by atoms with van der Waals surface area (Å²) < 4.78 is 2.03. The molecule has 0 spiro atoms. The molecule has 0 fully saturated rings. The molecule has 1 unspecified atom stereocenters. The van der Waals surface area contributed by atoms with E-state index in [1.54, 1.807) is 13.8 Å². The van der Waals surface area contributed by atoms with E-state index < -0.39 is 0 Å². The Morgan fingerprint density at radius 1 is 1.03 bits per heavy atom. The maximum atomic E-state index is 12.0. The van der Waals surface area contributed by atoms with E-state index in [0.717, 1.165) is 46.3 Å². The minimum atomic E-state index is -0.216. The Balaban J connectivity index is 1.62. The van der Waals surface area contributed by atoms with Gasteiger partial charge in [-0.2, -0.15) is 0 Å². The zero-order chi connectivity index (χ0) is 25.6. The quantitative estimate of drug-likeness (QED) is 0.374. The molecule has 4 aromatic rings. The molecule has 2 aromatic heterocycles. The topological polar surface area (TPSA) is 115 Å². The minimum absolute atomic E-state index is 0.0165. The molecule has 8 heteroatoms. The normalized spacial score (nSPS) is 14.5. The second-order valence-electron chi connectivity index (χ2n) is 9.34. The highest BCUT2D eigenvalue weighted by molar-refractivity contribution is 6.08. The highest BCUT2D eigenvalue weighted by Crippen LogP contribution is 2.42. The van der Waals surface area contributed by atoms with Gasteiger partial charge in [-0.3, -0.25) is 9.59 Å². The van der Waals surface area contributed by atoms with Crippen LogP contribution in [0.1, 0.15) is 25.0 Å². The van der Waals surface area contributed by atoms with E-state index in [1.807, 2.05) is 35.9 Å². The van der Waals surface area contributed by atoms with Gasteiger partial charge in [0.25, 0.3) is 5.91 Å². The van der Waals surface area contributed by atoms with Crippen LogP contribution in [-0.2, 0) is 29.5 Å². The van der Waals surface area contributed by atoms with Crippen LogP contribution in [0.15, 0.2) is 60.9 Å². The van der Waals surface area contributed by atoms with Crippen molar-refractivity contribution in [1.82, 2.24) is 19.9 Å². The first-order valence-corrected chi connectivity index (χ1v) is 11.8. The molecular formula is C28H28N6O2. The highest BCUT2D eigenvalue weighted by atomic mass is 16.2. The molecular weight excluding hydrogens is 452 g/mol. The molecule has 0 aliphatic heterocycles. The Morgan fingerprint density at radius 2 is 1.72 bits per heavy atom. The molecule has 5 rings (SSSR count). The Bertz CT molecular complexity index is 1530. The number of rotatable bonds is 5. The van der Waals surface area contributed by atoms with Crippen molar-refractivity contribution in [3.63, 3.8) is 0 Å². The van der Waals surface area contributed by atoms with Crippen LogP contribution in [0.25, 0.3) is 33.4 Å². The van der Waals surface area contributed by atoms with Crippen LogP contribution < -0.4 is 16.4 Å². The summed E-state index contributed by atoms with van der Waals surface area (Å²) >= 11 is 0. The van der Waals surface area contributed by atoms with Gasteiger partial charge in [-0.1, -0.05) is 36.9 Å². The Hall–Kier alpha value is -4.46. The van der Waals surface area contributed by atoms with E-state index in [9.17, 15) is 9.59 Å². The van der Waals surface area contributed by atoms with Crippen LogP contribution in [0.4, 0.5) is 11.5 Å². The summed E-state index contributed by atoms with van der Waals surface area (Å²) in [6.45, 7) is 6.91. The number of hydrogen-bond donors (Lipinski definition) is 3. The van der Waals surface area contributed by atoms with Crippen molar-refractivity contribution in [1.29, 1.82) is 0 Å². The fraction of sp³-hybridized carbons (Fsp3) is 0.214. The second kappa shape index (κ2) is 8.96. The van der Waals surface area contributed by atoms with Gasteiger partial charge in [-0.15, -0.1) is 0 Å². The van der Waals surface area contributed by atoms with Gasteiger partial charge in [0.1, 0.15) is 17.8 Å². The molecule has 1 aliphatic rings. The lowest BCUT2D eigenvalue weighted by atomic mass is 9.96. The Kier molecular flexibility index (Phi) is 5.80. The number of anilines is 2. The van der Waals surface area contributed by atoms with Gasteiger partial charge in [0.15, 0.2) is 0 Å². The van der Waals surface area contributed by atoms with Crippen LogP contribution >= 0.6 is 0 Å². The van der Waals surface area contributed by atoms with Crippen LogP contribution in [0.3, 0.4) is 0 Å². The van der Waals surface area contributed by atoms with Crippen molar-refractivity contribution < 1.29 is 9.59 Å². The Morgan fingerprint density at radius 3 is 2.42 bits per heavy atom. The number of nitrogens with zero attached hydrogens (tertiary/aromatic N) is 3. The van der Waals surface area contributed by atoms with E-state index in [2.05, 4.69) is 45.4 Å². The van der Waals surface area contributed by atoms with Gasteiger partial charge in [0.2, 0.25) is 5.91 Å². The lowest BCUT2D eigenvalue weighted by molar-refractivity contribution is -0.119. The first-order chi connectivity index (χ1) is 17.2. The van der Waals surface area contributed by atoms with Crippen molar-refractivity contribution in [2.75, 3.05) is 11.1 Å². The average Bonchev–Trinajstić information content (AvgIpc) is 3.37. The number of benzene rings is 2. The van der Waals surface area contributed by atoms with Crippen molar-refractivity contribution in [3.8, 4) is 22.4 Å². The van der Waals surface area contributed by atoms with E-state index in [0.29, 0.717) is 17.1 Å². The van der Waals surface area contributed by atoms with Crippen molar-refractivity contribution in [2.24, 2.45) is 7.05 Å². The molecule has 36 heavy (non-hydrogen) atoms. The SMILES string of the molecule is C=C(C)C(=O)Nc1ccc(-c2c(-c3ccc4c(c3)CC(NC(C)=O)C4)c3c(N)ncnc3n2C)cc1. The zero-order valence-corrected chi connectivity index (χ0v) is 20.6. The Labute approximate surface area is 209 Å². The maximum Gasteiger partial charge on any atom is 0.250 e. The predicted octanol–water partition coefficient (Wildman–Crippen LogP) is 4.00. The first kappa shape index (κ1) is 23.3.